The van der Waals surface area contributed by atoms with Crippen LogP contribution in [-0.4, -0.2) is 107 Å². The molecule has 0 aliphatic heterocycles. The lowest BCUT2D eigenvalue weighted by atomic mass is 10.4. The first-order valence-corrected chi connectivity index (χ1v) is 11.6. The van der Waals surface area contributed by atoms with Gasteiger partial charge in [-0.1, -0.05) is 0 Å². The van der Waals surface area contributed by atoms with E-state index in [1.54, 1.807) is 14.0 Å². The van der Waals surface area contributed by atoms with Gasteiger partial charge in [0, 0.05) is 31.7 Å². The van der Waals surface area contributed by atoms with E-state index in [2.05, 4.69) is 0 Å². The molecule has 1 N–H and O–H groups in total. The molecular weight excluding hydrogens is 398 g/mol. The van der Waals surface area contributed by atoms with Crippen molar-refractivity contribution >= 4 is 33.5 Å². The second-order valence-corrected chi connectivity index (χ2v) is 9.40. The molecule has 0 amide bonds. The third kappa shape index (κ3) is 15.8. The van der Waals surface area contributed by atoms with Crippen LogP contribution in [0.5, 0.6) is 0 Å². The van der Waals surface area contributed by atoms with Crippen molar-refractivity contribution in [2.75, 3.05) is 70.1 Å². The highest BCUT2D eigenvalue weighted by Crippen LogP contribution is 2.04. The Morgan fingerprint density at radius 2 is 1.81 bits per heavy atom. The number of ether oxygens (including phenoxy) is 3. The number of rotatable bonds is 17. The average Bonchev–Trinajstić information content (AvgIpc) is 2.61. The Balaban J connectivity index is 3.66. The Bertz CT molecular complexity index is 527. The fraction of sp³-hybridized carbons (Fsp3) is 0.875. The van der Waals surface area contributed by atoms with Gasteiger partial charge in [0.05, 0.1) is 31.1 Å². The van der Waals surface area contributed by atoms with Crippen LogP contribution in [0.1, 0.15) is 13.3 Å². The molecule has 0 saturated heterocycles. The van der Waals surface area contributed by atoms with Gasteiger partial charge >= 0.3 is 11.9 Å². The molecule has 27 heavy (non-hydrogen) atoms. The SMILES string of the molecule is COC(C)C(=O)OCCSCCS(=O)(=O)CCOCCN(C)CCC(=O)O. The Morgan fingerprint density at radius 1 is 1.11 bits per heavy atom. The molecule has 0 aliphatic rings. The van der Waals surface area contributed by atoms with Crippen LogP contribution in [-0.2, 0) is 33.6 Å². The monoisotopic (exact) mass is 429 g/mol. The van der Waals surface area contributed by atoms with Gasteiger partial charge in [0.25, 0.3) is 0 Å². The number of hydrogen-bond donors (Lipinski definition) is 1. The highest BCUT2D eigenvalue weighted by atomic mass is 32.2. The fourth-order valence-corrected chi connectivity index (χ4v) is 4.18. The maximum atomic E-state index is 11.9. The molecule has 1 unspecified atom stereocenters. The number of sulfone groups is 1. The van der Waals surface area contributed by atoms with E-state index in [1.807, 2.05) is 4.90 Å². The molecule has 0 saturated carbocycles. The van der Waals surface area contributed by atoms with Gasteiger partial charge in [-0.15, -0.1) is 0 Å². The predicted octanol–water partition coefficient (Wildman–Crippen LogP) is 0.136. The summed E-state index contributed by atoms with van der Waals surface area (Å²) in [6, 6.07) is 0. The maximum absolute atomic E-state index is 11.9. The Hall–Kier alpha value is -0.880. The van der Waals surface area contributed by atoms with E-state index in [0.717, 1.165) is 0 Å². The van der Waals surface area contributed by atoms with Crippen molar-refractivity contribution in [3.05, 3.63) is 0 Å². The molecule has 0 aromatic rings. The van der Waals surface area contributed by atoms with Gasteiger partial charge in [0.2, 0.25) is 0 Å². The third-order valence-electron chi connectivity index (χ3n) is 3.56. The second-order valence-electron chi connectivity index (χ2n) is 5.87. The first-order chi connectivity index (χ1) is 12.7. The molecule has 9 nitrogen and oxygen atoms in total. The van der Waals surface area contributed by atoms with Crippen LogP contribution in [0.25, 0.3) is 0 Å². The summed E-state index contributed by atoms with van der Waals surface area (Å²) in [5.74, 6) is -0.339. The van der Waals surface area contributed by atoms with Crippen molar-refractivity contribution in [2.24, 2.45) is 0 Å². The number of methoxy groups -OCH3 is 1. The van der Waals surface area contributed by atoms with Gasteiger partial charge in [0.15, 0.2) is 15.9 Å². The largest absolute Gasteiger partial charge is 0.481 e. The molecule has 0 aromatic carbocycles. The van der Waals surface area contributed by atoms with Crippen molar-refractivity contribution in [3.63, 3.8) is 0 Å². The molecule has 0 aliphatic carbocycles. The Labute approximate surface area is 165 Å². The van der Waals surface area contributed by atoms with E-state index in [1.165, 1.54) is 18.9 Å². The number of thioether (sulfide) groups is 1. The normalized spacial score (nSPS) is 12.9. The quantitative estimate of drug-likeness (QED) is 0.252. The number of carboxylic acid groups (broad SMARTS) is 1. The number of aliphatic carboxylic acids is 1. The zero-order valence-corrected chi connectivity index (χ0v) is 17.9. The van der Waals surface area contributed by atoms with Crippen molar-refractivity contribution < 1.29 is 37.3 Å². The summed E-state index contributed by atoms with van der Waals surface area (Å²) in [6.07, 6.45) is -0.542. The average molecular weight is 430 g/mol. The molecule has 0 spiro atoms. The zero-order valence-electron chi connectivity index (χ0n) is 16.2. The molecule has 11 heteroatoms. The number of esters is 1. The molecule has 1 atom stereocenters. The maximum Gasteiger partial charge on any atom is 0.334 e. The minimum Gasteiger partial charge on any atom is -0.481 e. The molecule has 0 rings (SSSR count). The molecular formula is C16H31NO8S2. The van der Waals surface area contributed by atoms with Gasteiger partial charge in [-0.25, -0.2) is 13.2 Å². The minimum absolute atomic E-state index is 0.0436. The lowest BCUT2D eigenvalue weighted by Gasteiger charge is -2.15. The standard InChI is InChI=1S/C16H31NO8S2/c1-14(23-3)16(20)25-8-10-26-11-13-27(21,22)12-9-24-7-6-17(2)5-4-15(18)19/h14H,4-13H2,1-3H3,(H,18,19). The van der Waals surface area contributed by atoms with Crippen LogP contribution >= 0.6 is 11.8 Å². The van der Waals surface area contributed by atoms with Crippen molar-refractivity contribution in [3.8, 4) is 0 Å². The molecule has 0 fully saturated rings. The molecule has 0 bridgehead atoms. The predicted molar refractivity (Wildman–Crippen MR) is 104 cm³/mol. The van der Waals surface area contributed by atoms with E-state index < -0.39 is 27.9 Å². The Kier molecular flexibility index (Phi) is 14.6. The number of likely N-dealkylation sites (N-methyl/N-ethyl adjacent to an activating group) is 1. The highest BCUT2D eigenvalue weighted by Gasteiger charge is 2.13. The number of carbonyl (C=O) groups excluding carboxylic acids is 1. The zero-order chi connectivity index (χ0) is 20.7. The summed E-state index contributed by atoms with van der Waals surface area (Å²) >= 11 is 1.40. The lowest BCUT2D eigenvalue weighted by molar-refractivity contribution is -0.153. The fourth-order valence-electron chi connectivity index (χ4n) is 1.71. The molecule has 160 valence electrons. The molecule has 0 radical (unpaired) electrons. The summed E-state index contributed by atoms with van der Waals surface area (Å²) < 4.78 is 38.9. The van der Waals surface area contributed by atoms with Crippen LogP contribution < -0.4 is 0 Å². The van der Waals surface area contributed by atoms with Gasteiger partial charge < -0.3 is 24.2 Å². The van der Waals surface area contributed by atoms with Crippen LogP contribution in [0.4, 0.5) is 0 Å². The van der Waals surface area contributed by atoms with Gasteiger partial charge in [0.1, 0.15) is 6.61 Å². The van der Waals surface area contributed by atoms with Gasteiger partial charge in [-0.2, -0.15) is 11.8 Å². The van der Waals surface area contributed by atoms with Gasteiger partial charge in [-0.3, -0.25) is 4.79 Å². The number of carboxylic acids is 1. The smallest absolute Gasteiger partial charge is 0.334 e. The van der Waals surface area contributed by atoms with E-state index in [4.69, 9.17) is 19.3 Å². The van der Waals surface area contributed by atoms with Crippen LogP contribution in [0, 0.1) is 0 Å². The van der Waals surface area contributed by atoms with Crippen molar-refractivity contribution in [1.82, 2.24) is 4.90 Å². The molecule has 0 heterocycles. The summed E-state index contributed by atoms with van der Waals surface area (Å²) in [5, 5.41) is 8.58. The van der Waals surface area contributed by atoms with Crippen LogP contribution in [0.2, 0.25) is 0 Å². The number of hydrogen-bond acceptors (Lipinski definition) is 9. The summed E-state index contributed by atoms with van der Waals surface area (Å²) in [6.45, 7) is 3.25. The van der Waals surface area contributed by atoms with E-state index in [-0.39, 0.29) is 31.1 Å². The Morgan fingerprint density at radius 3 is 2.44 bits per heavy atom. The minimum atomic E-state index is -3.19. The van der Waals surface area contributed by atoms with Crippen LogP contribution in [0.15, 0.2) is 0 Å². The topological polar surface area (TPSA) is 119 Å². The lowest BCUT2D eigenvalue weighted by Crippen LogP contribution is -2.27. The first kappa shape index (κ1) is 26.1. The van der Waals surface area contributed by atoms with Crippen molar-refractivity contribution in [2.45, 2.75) is 19.4 Å². The second kappa shape index (κ2) is 15.1. The first-order valence-electron chi connectivity index (χ1n) is 8.63. The third-order valence-corrected chi connectivity index (χ3v) is 6.38. The number of nitrogens with zero attached hydrogens (tertiary/aromatic N) is 1. The highest BCUT2D eigenvalue weighted by molar-refractivity contribution is 8.00. The van der Waals surface area contributed by atoms with Crippen LogP contribution in [0.3, 0.4) is 0 Å². The summed E-state index contributed by atoms with van der Waals surface area (Å²) in [4.78, 5) is 23.6. The number of carbonyl (C=O) groups is 2. The van der Waals surface area contributed by atoms with E-state index in [0.29, 0.717) is 31.2 Å². The van der Waals surface area contributed by atoms with Crippen molar-refractivity contribution in [1.29, 1.82) is 0 Å². The summed E-state index contributed by atoms with van der Waals surface area (Å²) in [5.41, 5.74) is 0. The van der Waals surface area contributed by atoms with E-state index >= 15 is 0 Å². The summed E-state index contributed by atoms with van der Waals surface area (Å²) in [7, 11) is 0.0192. The van der Waals surface area contributed by atoms with E-state index in [9.17, 15) is 18.0 Å². The molecule has 0 aromatic heterocycles. The van der Waals surface area contributed by atoms with Gasteiger partial charge in [-0.05, 0) is 14.0 Å².